The largest absolute Gasteiger partial charge is 0.378 e. The summed E-state index contributed by atoms with van der Waals surface area (Å²) in [6.07, 6.45) is 0. The van der Waals surface area contributed by atoms with Crippen molar-refractivity contribution in [1.29, 1.82) is 0 Å². The van der Waals surface area contributed by atoms with Crippen LogP contribution in [0.5, 0.6) is 0 Å². The minimum Gasteiger partial charge on any atom is -0.378 e. The first kappa shape index (κ1) is 23.8. The Morgan fingerprint density at radius 3 is 2.50 bits per heavy atom. The molecule has 1 N–H and O–H groups in total. The highest BCUT2D eigenvalue weighted by Gasteiger charge is 2.20. The van der Waals surface area contributed by atoms with Gasteiger partial charge in [-0.1, -0.05) is 36.4 Å². The number of hydrogen-bond acceptors (Lipinski definition) is 5. The number of aryl methyl sites for hydroxylation is 1. The lowest BCUT2D eigenvalue weighted by atomic mass is 10.1. The number of amides is 1. The van der Waals surface area contributed by atoms with Gasteiger partial charge in [0.25, 0.3) is 15.9 Å². The van der Waals surface area contributed by atoms with Crippen molar-refractivity contribution in [3.05, 3.63) is 89.5 Å². The average Bonchev–Trinajstić information content (AvgIpc) is 2.84. The van der Waals surface area contributed by atoms with Gasteiger partial charge in [-0.25, -0.2) is 8.42 Å². The number of nitrogens with one attached hydrogen (secondary N) is 1. The van der Waals surface area contributed by atoms with E-state index in [9.17, 15) is 13.2 Å². The first-order valence-corrected chi connectivity index (χ1v) is 12.7. The molecule has 0 atom stereocenters. The highest BCUT2D eigenvalue weighted by molar-refractivity contribution is 7.92. The van der Waals surface area contributed by atoms with Crippen LogP contribution in [0.1, 0.15) is 21.5 Å². The number of morpholine rings is 1. The summed E-state index contributed by atoms with van der Waals surface area (Å²) >= 11 is 0. The third kappa shape index (κ3) is 5.58. The molecule has 3 aromatic rings. The number of carbonyl (C=O) groups excluding carboxylic acids is 1. The average molecular weight is 480 g/mol. The molecule has 34 heavy (non-hydrogen) atoms. The van der Waals surface area contributed by atoms with E-state index in [0.29, 0.717) is 31.0 Å². The molecule has 0 bridgehead atoms. The van der Waals surface area contributed by atoms with Crippen molar-refractivity contribution in [3.63, 3.8) is 0 Å². The second-order valence-corrected chi connectivity index (χ2v) is 10.1. The summed E-state index contributed by atoms with van der Waals surface area (Å²) in [4.78, 5) is 17.1. The Balaban J connectivity index is 1.51. The van der Waals surface area contributed by atoms with Crippen LogP contribution in [-0.4, -0.2) is 52.6 Å². The van der Waals surface area contributed by atoms with Gasteiger partial charge < -0.3 is 14.5 Å². The molecular weight excluding hydrogens is 450 g/mol. The maximum Gasteiger partial charge on any atom is 0.261 e. The van der Waals surface area contributed by atoms with E-state index in [-0.39, 0.29) is 10.8 Å². The molecule has 0 radical (unpaired) electrons. The first-order chi connectivity index (χ1) is 16.3. The smallest absolute Gasteiger partial charge is 0.261 e. The summed E-state index contributed by atoms with van der Waals surface area (Å²) in [5, 5.41) is 0. The fraction of sp³-hybridized carbons (Fsp3) is 0.269. The SMILES string of the molecule is Cc1cccc(NS(=O)(=O)c2cccc(C(=O)N(C)Cc3ccccc3N3CCOCC3)c2)c1. The fourth-order valence-corrected chi connectivity index (χ4v) is 5.12. The summed E-state index contributed by atoms with van der Waals surface area (Å²) < 4.78 is 33.9. The zero-order valence-corrected chi connectivity index (χ0v) is 20.2. The van der Waals surface area contributed by atoms with E-state index in [1.54, 1.807) is 42.3 Å². The molecule has 1 amide bonds. The summed E-state index contributed by atoms with van der Waals surface area (Å²) in [6, 6.07) is 21.3. The molecule has 1 saturated heterocycles. The second kappa shape index (κ2) is 10.3. The van der Waals surface area contributed by atoms with E-state index < -0.39 is 10.0 Å². The van der Waals surface area contributed by atoms with Gasteiger partial charge in [0.15, 0.2) is 0 Å². The lowest BCUT2D eigenvalue weighted by Crippen LogP contribution is -2.37. The molecule has 0 aliphatic carbocycles. The van der Waals surface area contributed by atoms with Gasteiger partial charge in [0, 0.05) is 43.6 Å². The lowest BCUT2D eigenvalue weighted by Gasteiger charge is -2.31. The normalized spacial score (nSPS) is 14.0. The monoisotopic (exact) mass is 479 g/mol. The number of sulfonamides is 1. The van der Waals surface area contributed by atoms with Gasteiger partial charge >= 0.3 is 0 Å². The number of rotatable bonds is 7. The molecular formula is C26H29N3O4S. The number of ether oxygens (including phenoxy) is 1. The van der Waals surface area contributed by atoms with Gasteiger partial charge in [0.05, 0.1) is 18.1 Å². The van der Waals surface area contributed by atoms with Crippen molar-refractivity contribution in [1.82, 2.24) is 4.90 Å². The topological polar surface area (TPSA) is 79.0 Å². The number of para-hydroxylation sites is 1. The van der Waals surface area contributed by atoms with Gasteiger partial charge in [-0.3, -0.25) is 9.52 Å². The van der Waals surface area contributed by atoms with E-state index in [4.69, 9.17) is 4.74 Å². The van der Waals surface area contributed by atoms with Crippen LogP contribution < -0.4 is 9.62 Å². The van der Waals surface area contributed by atoms with Crippen LogP contribution in [0.3, 0.4) is 0 Å². The van der Waals surface area contributed by atoms with E-state index in [0.717, 1.165) is 29.9 Å². The molecule has 7 nitrogen and oxygen atoms in total. The number of hydrogen-bond donors (Lipinski definition) is 1. The molecule has 1 aliphatic heterocycles. The minimum atomic E-state index is -3.83. The number of carbonyl (C=O) groups is 1. The predicted octanol–water partition coefficient (Wildman–Crippen LogP) is 3.90. The summed E-state index contributed by atoms with van der Waals surface area (Å²) in [5.74, 6) is -0.246. The molecule has 0 saturated carbocycles. The van der Waals surface area contributed by atoms with Crippen LogP contribution in [0, 0.1) is 6.92 Å². The van der Waals surface area contributed by atoms with Gasteiger partial charge in [0.1, 0.15) is 0 Å². The molecule has 0 spiro atoms. The highest BCUT2D eigenvalue weighted by Crippen LogP contribution is 2.24. The van der Waals surface area contributed by atoms with Crippen molar-refractivity contribution >= 4 is 27.3 Å². The van der Waals surface area contributed by atoms with Crippen molar-refractivity contribution in [2.75, 3.05) is 43.0 Å². The Morgan fingerprint density at radius 2 is 1.74 bits per heavy atom. The second-order valence-electron chi connectivity index (χ2n) is 8.39. The molecule has 3 aromatic carbocycles. The van der Waals surface area contributed by atoms with E-state index in [1.807, 2.05) is 31.2 Å². The van der Waals surface area contributed by atoms with Gasteiger partial charge in [-0.15, -0.1) is 0 Å². The zero-order valence-electron chi connectivity index (χ0n) is 19.4. The van der Waals surface area contributed by atoms with Crippen LogP contribution in [0.4, 0.5) is 11.4 Å². The number of benzene rings is 3. The van der Waals surface area contributed by atoms with Crippen molar-refractivity contribution in [3.8, 4) is 0 Å². The Bertz CT molecular complexity index is 1270. The minimum absolute atomic E-state index is 0.0435. The molecule has 1 heterocycles. The van der Waals surface area contributed by atoms with Crippen LogP contribution >= 0.6 is 0 Å². The number of anilines is 2. The molecule has 1 aliphatic rings. The van der Waals surface area contributed by atoms with Crippen molar-refractivity contribution in [2.24, 2.45) is 0 Å². The van der Waals surface area contributed by atoms with Crippen molar-refractivity contribution < 1.29 is 17.9 Å². The molecule has 178 valence electrons. The zero-order chi connectivity index (χ0) is 24.1. The highest BCUT2D eigenvalue weighted by atomic mass is 32.2. The molecule has 8 heteroatoms. The Kier molecular flexibility index (Phi) is 7.19. The van der Waals surface area contributed by atoms with Gasteiger partial charge in [-0.2, -0.15) is 0 Å². The first-order valence-electron chi connectivity index (χ1n) is 11.2. The van der Waals surface area contributed by atoms with E-state index >= 15 is 0 Å². The number of nitrogens with zero attached hydrogens (tertiary/aromatic N) is 2. The summed E-state index contributed by atoms with van der Waals surface area (Å²) in [5.41, 5.74) is 3.87. The maximum atomic E-state index is 13.2. The molecule has 1 fully saturated rings. The molecule has 4 rings (SSSR count). The maximum absolute atomic E-state index is 13.2. The molecule has 0 aromatic heterocycles. The van der Waals surface area contributed by atoms with Crippen LogP contribution in [0.15, 0.2) is 77.7 Å². The predicted molar refractivity (Wildman–Crippen MR) is 134 cm³/mol. The lowest BCUT2D eigenvalue weighted by molar-refractivity contribution is 0.0784. The van der Waals surface area contributed by atoms with Crippen molar-refractivity contribution in [2.45, 2.75) is 18.4 Å². The van der Waals surface area contributed by atoms with Gasteiger partial charge in [-0.05, 0) is 54.4 Å². The summed E-state index contributed by atoms with van der Waals surface area (Å²) in [6.45, 7) is 5.28. The Morgan fingerprint density at radius 1 is 1.00 bits per heavy atom. The van der Waals surface area contributed by atoms with E-state index in [2.05, 4.69) is 15.7 Å². The summed E-state index contributed by atoms with van der Waals surface area (Å²) in [7, 11) is -2.10. The Hall–Kier alpha value is -3.36. The standard InChI is InChI=1S/C26H29N3O4S/c1-20-7-5-10-23(17-20)27-34(31,32)24-11-6-9-21(18-24)26(30)28(2)19-22-8-3-4-12-25(22)29-13-15-33-16-14-29/h3-12,17-18,27H,13-16,19H2,1-2H3. The van der Waals surface area contributed by atoms with Crippen LogP contribution in [0.2, 0.25) is 0 Å². The fourth-order valence-electron chi connectivity index (χ4n) is 4.02. The van der Waals surface area contributed by atoms with Crippen LogP contribution in [0.25, 0.3) is 0 Å². The van der Waals surface area contributed by atoms with Gasteiger partial charge in [0.2, 0.25) is 0 Å². The van der Waals surface area contributed by atoms with E-state index in [1.165, 1.54) is 12.1 Å². The Labute approximate surface area is 201 Å². The third-order valence-electron chi connectivity index (χ3n) is 5.76. The quantitative estimate of drug-likeness (QED) is 0.556. The van der Waals surface area contributed by atoms with Crippen LogP contribution in [-0.2, 0) is 21.3 Å². The third-order valence-corrected chi connectivity index (χ3v) is 7.14. The molecule has 0 unspecified atom stereocenters.